The van der Waals surface area contributed by atoms with Gasteiger partial charge in [-0.1, -0.05) is 104 Å². The molecule has 0 saturated carbocycles. The number of unbranched alkanes of at least 4 members (excludes halogenated alkanes) is 11. The van der Waals surface area contributed by atoms with Crippen LogP contribution in [0.3, 0.4) is 0 Å². The van der Waals surface area contributed by atoms with Gasteiger partial charge in [-0.25, -0.2) is 0 Å². The minimum Gasteiger partial charge on any atom is -0.465 e. The van der Waals surface area contributed by atoms with Gasteiger partial charge in [0.25, 0.3) is 0 Å². The predicted molar refractivity (Wildman–Crippen MR) is 110 cm³/mol. The van der Waals surface area contributed by atoms with Crippen LogP contribution < -0.4 is 6.15 Å². The molecule has 0 rings (SSSR count). The van der Waals surface area contributed by atoms with Crippen molar-refractivity contribution in [2.24, 2.45) is 5.92 Å². The largest absolute Gasteiger partial charge is 0.465 e. The predicted octanol–water partition coefficient (Wildman–Crippen LogP) is 7.61. The first-order valence-corrected chi connectivity index (χ1v) is 10.9. The molecular formula is C22H47NO2. The van der Waals surface area contributed by atoms with Crippen LogP contribution in [-0.2, 0) is 9.53 Å². The summed E-state index contributed by atoms with van der Waals surface area (Å²) in [4.78, 5) is 12.3. The number of hydrogen-bond acceptors (Lipinski definition) is 3. The van der Waals surface area contributed by atoms with Crippen molar-refractivity contribution in [2.75, 3.05) is 6.61 Å². The van der Waals surface area contributed by atoms with E-state index in [0.717, 1.165) is 25.7 Å². The minimum atomic E-state index is 0. The topological polar surface area (TPSA) is 61.3 Å². The molecule has 0 aromatic rings. The van der Waals surface area contributed by atoms with Gasteiger partial charge in [0.15, 0.2) is 0 Å². The molecule has 3 N–H and O–H groups in total. The van der Waals surface area contributed by atoms with Gasteiger partial charge in [-0.3, -0.25) is 4.79 Å². The molecule has 3 heteroatoms. The van der Waals surface area contributed by atoms with Crippen molar-refractivity contribution < 1.29 is 9.53 Å². The zero-order valence-corrected chi connectivity index (χ0v) is 17.6. The summed E-state index contributed by atoms with van der Waals surface area (Å²) in [6.07, 6.45) is 19.7. The number of ether oxygens (including phenoxy) is 1. The molecule has 0 fully saturated rings. The molecule has 3 nitrogen and oxygen atoms in total. The van der Waals surface area contributed by atoms with Crippen molar-refractivity contribution in [3.05, 3.63) is 0 Å². The summed E-state index contributed by atoms with van der Waals surface area (Å²) >= 11 is 0. The molecule has 0 spiro atoms. The fourth-order valence-electron chi connectivity index (χ4n) is 3.16. The molecule has 0 aliphatic heterocycles. The Hall–Kier alpha value is -0.570. The highest BCUT2D eigenvalue weighted by Gasteiger charge is 2.19. The van der Waals surface area contributed by atoms with E-state index in [2.05, 4.69) is 20.8 Å². The lowest BCUT2D eigenvalue weighted by Crippen LogP contribution is -2.18. The fourth-order valence-corrected chi connectivity index (χ4v) is 3.16. The SMILES string of the molecule is CCCCCCCCC(CCCCCCCC)C(=O)OCCCC.N. The highest BCUT2D eigenvalue weighted by Crippen LogP contribution is 2.21. The zero-order valence-electron chi connectivity index (χ0n) is 17.6. The quantitative estimate of drug-likeness (QED) is 0.203. The van der Waals surface area contributed by atoms with Crippen molar-refractivity contribution >= 4 is 5.97 Å². The molecule has 0 aromatic carbocycles. The summed E-state index contributed by atoms with van der Waals surface area (Å²) in [6, 6.07) is 0. The van der Waals surface area contributed by atoms with E-state index >= 15 is 0 Å². The Balaban J connectivity index is 0. The Morgan fingerprint density at radius 3 is 1.48 bits per heavy atom. The zero-order chi connectivity index (χ0) is 17.9. The first kappa shape index (κ1) is 26.7. The van der Waals surface area contributed by atoms with Crippen LogP contribution in [0, 0.1) is 5.92 Å². The second kappa shape index (κ2) is 21.5. The third-order valence-corrected chi connectivity index (χ3v) is 4.89. The van der Waals surface area contributed by atoms with Crippen LogP contribution in [0.2, 0.25) is 0 Å². The molecule has 0 radical (unpaired) electrons. The summed E-state index contributed by atoms with van der Waals surface area (Å²) in [7, 11) is 0. The Labute approximate surface area is 158 Å². The summed E-state index contributed by atoms with van der Waals surface area (Å²) in [5.74, 6) is 0.227. The number of rotatable bonds is 18. The van der Waals surface area contributed by atoms with Crippen molar-refractivity contribution in [1.29, 1.82) is 0 Å². The monoisotopic (exact) mass is 357 g/mol. The second-order valence-corrected chi connectivity index (χ2v) is 7.33. The van der Waals surface area contributed by atoms with Gasteiger partial charge >= 0.3 is 5.97 Å². The maximum atomic E-state index is 12.3. The van der Waals surface area contributed by atoms with E-state index in [0.29, 0.717) is 6.61 Å². The third-order valence-electron chi connectivity index (χ3n) is 4.89. The normalized spacial score (nSPS) is 10.7. The number of esters is 1. The van der Waals surface area contributed by atoms with E-state index in [-0.39, 0.29) is 18.0 Å². The molecule has 0 aliphatic rings. The van der Waals surface area contributed by atoms with E-state index in [9.17, 15) is 4.79 Å². The van der Waals surface area contributed by atoms with Crippen LogP contribution in [0.15, 0.2) is 0 Å². The molecule has 0 aromatic heterocycles. The summed E-state index contributed by atoms with van der Waals surface area (Å²) < 4.78 is 5.50. The van der Waals surface area contributed by atoms with Crippen LogP contribution in [0.25, 0.3) is 0 Å². The molecule has 25 heavy (non-hydrogen) atoms. The Bertz CT molecular complexity index is 253. The molecule has 0 heterocycles. The lowest BCUT2D eigenvalue weighted by molar-refractivity contribution is -0.149. The average molecular weight is 358 g/mol. The molecule has 0 atom stereocenters. The van der Waals surface area contributed by atoms with Gasteiger partial charge in [0.1, 0.15) is 0 Å². The molecule has 0 aliphatic carbocycles. The van der Waals surface area contributed by atoms with Crippen molar-refractivity contribution in [3.63, 3.8) is 0 Å². The summed E-state index contributed by atoms with van der Waals surface area (Å²) in [5.41, 5.74) is 0. The Kier molecular flexibility index (Phi) is 22.9. The Morgan fingerprint density at radius 1 is 0.640 bits per heavy atom. The van der Waals surface area contributed by atoms with Crippen molar-refractivity contribution in [1.82, 2.24) is 6.15 Å². The molecule has 0 bridgehead atoms. The second-order valence-electron chi connectivity index (χ2n) is 7.33. The van der Waals surface area contributed by atoms with Gasteiger partial charge in [-0.2, -0.15) is 0 Å². The standard InChI is InChI=1S/C22H44O2.H3N/c1-4-7-10-12-14-16-18-21(22(23)24-20-9-6-3)19-17-15-13-11-8-5-2;/h21H,4-20H2,1-3H3;1H3. The van der Waals surface area contributed by atoms with E-state index in [1.807, 2.05) is 0 Å². The summed E-state index contributed by atoms with van der Waals surface area (Å²) in [5, 5.41) is 0. The minimum absolute atomic E-state index is 0. The van der Waals surface area contributed by atoms with Gasteiger partial charge in [0.2, 0.25) is 0 Å². The van der Waals surface area contributed by atoms with Crippen LogP contribution in [0.4, 0.5) is 0 Å². The van der Waals surface area contributed by atoms with Gasteiger partial charge in [-0.15, -0.1) is 0 Å². The number of carbonyl (C=O) groups excluding carboxylic acids is 1. The molecule has 0 amide bonds. The maximum absolute atomic E-state index is 12.3. The van der Waals surface area contributed by atoms with Crippen molar-refractivity contribution in [2.45, 2.75) is 124 Å². The smallest absolute Gasteiger partial charge is 0.308 e. The van der Waals surface area contributed by atoms with Gasteiger partial charge in [-0.05, 0) is 19.3 Å². The van der Waals surface area contributed by atoms with Gasteiger partial charge < -0.3 is 10.9 Å². The molecule has 152 valence electrons. The van der Waals surface area contributed by atoms with Crippen LogP contribution in [0.1, 0.15) is 124 Å². The number of carbonyl (C=O) groups is 1. The van der Waals surface area contributed by atoms with E-state index in [4.69, 9.17) is 4.74 Å². The van der Waals surface area contributed by atoms with Crippen LogP contribution in [0.5, 0.6) is 0 Å². The summed E-state index contributed by atoms with van der Waals surface area (Å²) in [6.45, 7) is 7.25. The van der Waals surface area contributed by atoms with E-state index in [1.165, 1.54) is 77.0 Å². The maximum Gasteiger partial charge on any atom is 0.308 e. The van der Waals surface area contributed by atoms with Gasteiger partial charge in [0, 0.05) is 0 Å². The van der Waals surface area contributed by atoms with E-state index < -0.39 is 0 Å². The molecule has 0 unspecified atom stereocenters. The van der Waals surface area contributed by atoms with Crippen molar-refractivity contribution in [3.8, 4) is 0 Å². The van der Waals surface area contributed by atoms with Gasteiger partial charge in [0.05, 0.1) is 12.5 Å². The first-order chi connectivity index (χ1) is 11.8. The first-order valence-electron chi connectivity index (χ1n) is 10.9. The Morgan fingerprint density at radius 2 is 1.04 bits per heavy atom. The highest BCUT2D eigenvalue weighted by atomic mass is 16.5. The third kappa shape index (κ3) is 18.0. The number of hydrogen-bond donors (Lipinski definition) is 1. The van der Waals surface area contributed by atoms with Crippen LogP contribution in [-0.4, -0.2) is 12.6 Å². The highest BCUT2D eigenvalue weighted by molar-refractivity contribution is 5.72. The van der Waals surface area contributed by atoms with E-state index in [1.54, 1.807) is 0 Å². The lowest BCUT2D eigenvalue weighted by Gasteiger charge is -2.16. The average Bonchev–Trinajstić information content (AvgIpc) is 2.59. The lowest BCUT2D eigenvalue weighted by atomic mass is 9.94. The molecular weight excluding hydrogens is 310 g/mol. The molecule has 0 saturated heterocycles. The fraction of sp³-hybridized carbons (Fsp3) is 0.955. The van der Waals surface area contributed by atoms with Crippen LogP contribution >= 0.6 is 0 Å².